The van der Waals surface area contributed by atoms with Crippen LogP contribution in [0.15, 0.2) is 58.3 Å². The second kappa shape index (κ2) is 15.2. The highest BCUT2D eigenvalue weighted by Crippen LogP contribution is 2.34. The molecule has 2 fully saturated rings. The van der Waals surface area contributed by atoms with Crippen molar-refractivity contribution in [1.29, 1.82) is 0 Å². The molecule has 0 saturated carbocycles. The summed E-state index contributed by atoms with van der Waals surface area (Å²) in [6, 6.07) is 14.8. The molecule has 238 valence electrons. The second-order valence-electron chi connectivity index (χ2n) is 13.0. The Labute approximate surface area is 262 Å². The number of nitrogens with zero attached hydrogens (tertiary/aromatic N) is 4. The van der Waals surface area contributed by atoms with E-state index in [1.54, 1.807) is 17.8 Å². The lowest BCUT2D eigenvalue weighted by atomic mass is 9.82. The van der Waals surface area contributed by atoms with Crippen LogP contribution >= 0.6 is 11.8 Å². The molecule has 1 atom stereocenters. The number of piperidine rings is 2. The highest BCUT2D eigenvalue weighted by molar-refractivity contribution is 7.99. The van der Waals surface area contributed by atoms with Crippen molar-refractivity contribution in [3.63, 3.8) is 0 Å². The number of nitrogens with one attached hydrogen (secondary N) is 1. The summed E-state index contributed by atoms with van der Waals surface area (Å²) in [7, 11) is 0.272. The molecule has 11 heteroatoms. The molecule has 2 aromatic carbocycles. The van der Waals surface area contributed by atoms with Gasteiger partial charge in [-0.05, 0) is 102 Å². The summed E-state index contributed by atoms with van der Waals surface area (Å²) >= 11 is 1.71. The Morgan fingerprint density at radius 2 is 1.72 bits per heavy atom. The van der Waals surface area contributed by atoms with Crippen LogP contribution in [0.3, 0.4) is 0 Å². The molecule has 0 spiro atoms. The van der Waals surface area contributed by atoms with Crippen molar-refractivity contribution in [2.24, 2.45) is 5.41 Å². The first-order valence-corrected chi connectivity index (χ1v) is 18.0. The van der Waals surface area contributed by atoms with Crippen LogP contribution in [0, 0.1) is 15.5 Å². The van der Waals surface area contributed by atoms with Crippen LogP contribution in [0.1, 0.15) is 58.8 Å². The fraction of sp³-hybridized carbons (Fsp3) is 0.625. The first kappa shape index (κ1) is 33.7. The van der Waals surface area contributed by atoms with Crippen LogP contribution < -0.4 is 5.32 Å². The predicted octanol–water partition coefficient (Wildman–Crippen LogP) is 6.17. The van der Waals surface area contributed by atoms with Crippen LogP contribution in [0.25, 0.3) is 0 Å². The minimum Gasteiger partial charge on any atom is -0.376 e. The van der Waals surface area contributed by atoms with Crippen molar-refractivity contribution >= 4 is 33.2 Å². The Morgan fingerprint density at radius 3 is 2.35 bits per heavy atom. The van der Waals surface area contributed by atoms with Crippen molar-refractivity contribution < 1.29 is 13.3 Å². The van der Waals surface area contributed by atoms with Crippen LogP contribution in [0.4, 0.5) is 11.4 Å². The summed E-state index contributed by atoms with van der Waals surface area (Å²) in [4.78, 5) is 17.5. The number of sulfonamides is 1. The number of nitro groups is 1. The van der Waals surface area contributed by atoms with Gasteiger partial charge in [0.25, 0.3) is 5.69 Å². The van der Waals surface area contributed by atoms with E-state index in [-0.39, 0.29) is 16.6 Å². The maximum atomic E-state index is 13.6. The fourth-order valence-corrected chi connectivity index (χ4v) is 8.47. The van der Waals surface area contributed by atoms with Crippen LogP contribution in [0.2, 0.25) is 0 Å². The van der Waals surface area contributed by atoms with Crippen molar-refractivity contribution in [3.8, 4) is 0 Å². The molecule has 0 unspecified atom stereocenters. The molecule has 2 aliphatic heterocycles. The van der Waals surface area contributed by atoms with Crippen LogP contribution in [-0.4, -0.2) is 92.1 Å². The molecular formula is C32H49N5O4S2. The number of hydrogen-bond acceptors (Lipinski definition) is 8. The lowest BCUT2D eigenvalue weighted by molar-refractivity contribution is -0.384. The van der Waals surface area contributed by atoms with Crippen molar-refractivity contribution in [2.45, 2.75) is 80.7 Å². The van der Waals surface area contributed by atoms with Crippen molar-refractivity contribution in [3.05, 3.63) is 58.6 Å². The number of unbranched alkanes of at least 4 members (excludes halogenated alkanes) is 1. The Morgan fingerprint density at radius 1 is 1.05 bits per heavy atom. The molecule has 2 aliphatic rings. The third kappa shape index (κ3) is 9.65. The van der Waals surface area contributed by atoms with Gasteiger partial charge in [0.15, 0.2) is 0 Å². The van der Waals surface area contributed by atoms with Gasteiger partial charge in [-0.2, -0.15) is 4.31 Å². The van der Waals surface area contributed by atoms with Crippen LogP contribution in [-0.2, 0) is 10.0 Å². The maximum absolute atomic E-state index is 13.6. The normalized spacial score (nSPS) is 19.4. The number of rotatable bonds is 14. The average molecular weight is 632 g/mol. The summed E-state index contributed by atoms with van der Waals surface area (Å²) in [5.74, 6) is 0.743. The van der Waals surface area contributed by atoms with Crippen LogP contribution in [0.5, 0.6) is 0 Å². The molecule has 1 N–H and O–H groups in total. The molecule has 0 aromatic heterocycles. The highest BCUT2D eigenvalue weighted by atomic mass is 32.2. The van der Waals surface area contributed by atoms with E-state index in [4.69, 9.17) is 0 Å². The molecule has 0 bridgehead atoms. The highest BCUT2D eigenvalue weighted by Gasteiger charge is 2.35. The maximum Gasteiger partial charge on any atom is 0.293 e. The van der Waals surface area contributed by atoms with Gasteiger partial charge in [-0.3, -0.25) is 10.1 Å². The topological polar surface area (TPSA) is 99.0 Å². The molecular weight excluding hydrogens is 583 g/mol. The largest absolute Gasteiger partial charge is 0.376 e. The van der Waals surface area contributed by atoms with E-state index in [0.717, 1.165) is 75.2 Å². The molecule has 0 amide bonds. The first-order valence-electron chi connectivity index (χ1n) is 15.6. The zero-order valence-corrected chi connectivity index (χ0v) is 27.8. The lowest BCUT2D eigenvalue weighted by Crippen LogP contribution is -2.49. The summed E-state index contributed by atoms with van der Waals surface area (Å²) in [6.45, 7) is 8.61. The Hall–Kier alpha value is -2.18. The van der Waals surface area contributed by atoms with Crippen molar-refractivity contribution in [1.82, 2.24) is 14.1 Å². The molecule has 2 saturated heterocycles. The van der Waals surface area contributed by atoms with E-state index in [9.17, 15) is 18.5 Å². The number of anilines is 1. The summed E-state index contributed by atoms with van der Waals surface area (Å²) in [5, 5.41) is 15.6. The van der Waals surface area contributed by atoms with E-state index in [0.29, 0.717) is 30.2 Å². The third-order valence-electron chi connectivity index (χ3n) is 8.86. The molecule has 0 radical (unpaired) electrons. The molecule has 0 aliphatic carbocycles. The number of benzene rings is 2. The Kier molecular flexibility index (Phi) is 11.9. The van der Waals surface area contributed by atoms with Gasteiger partial charge >= 0.3 is 0 Å². The summed E-state index contributed by atoms with van der Waals surface area (Å²) in [6.07, 6.45) is 6.78. The molecule has 4 rings (SSSR count). The van der Waals surface area contributed by atoms with E-state index in [2.05, 4.69) is 55.2 Å². The zero-order valence-electron chi connectivity index (χ0n) is 26.2. The SMILES string of the molecule is CN(C)CCCC[C@H](CSc1ccccc1)Nc1ccc(S(=O)(=O)N2CCC(N3CCC(C)(C)CC3)CC2)cc1[N+](=O)[O-]. The van der Waals surface area contributed by atoms with E-state index >= 15 is 0 Å². The van der Waals surface area contributed by atoms with E-state index < -0.39 is 14.9 Å². The van der Waals surface area contributed by atoms with Gasteiger partial charge < -0.3 is 15.1 Å². The third-order valence-corrected chi connectivity index (χ3v) is 11.9. The van der Waals surface area contributed by atoms with Gasteiger partial charge in [0, 0.05) is 41.9 Å². The van der Waals surface area contributed by atoms with Gasteiger partial charge in [0.1, 0.15) is 5.69 Å². The van der Waals surface area contributed by atoms with Gasteiger partial charge in [-0.15, -0.1) is 11.8 Å². The van der Waals surface area contributed by atoms with E-state index in [1.807, 2.05) is 18.2 Å². The fourth-order valence-electron chi connectivity index (χ4n) is 5.99. The molecule has 2 heterocycles. The predicted molar refractivity (Wildman–Crippen MR) is 176 cm³/mol. The second-order valence-corrected chi connectivity index (χ2v) is 16.1. The van der Waals surface area contributed by atoms with Gasteiger partial charge in [0.2, 0.25) is 10.0 Å². The average Bonchev–Trinajstić information content (AvgIpc) is 2.98. The summed E-state index contributed by atoms with van der Waals surface area (Å²) < 4.78 is 28.7. The molecule has 9 nitrogen and oxygen atoms in total. The standard InChI is InChI=1S/C32H49N5O4S2/c1-32(2)17-22-35(23-18-32)27-15-20-36(21-16-27)43(40,41)29-13-14-30(31(24-29)37(38)39)33-26(10-8-9-19-34(3)4)25-42-28-11-6-5-7-12-28/h5-7,11-14,24,26-27,33H,8-10,15-23,25H2,1-4H3/t26-/m1/s1. The van der Waals surface area contributed by atoms with E-state index in [1.165, 1.54) is 16.4 Å². The smallest absolute Gasteiger partial charge is 0.293 e. The summed E-state index contributed by atoms with van der Waals surface area (Å²) in [5.41, 5.74) is 0.542. The number of hydrogen-bond donors (Lipinski definition) is 1. The number of nitro benzene ring substituents is 1. The minimum atomic E-state index is -3.83. The van der Waals surface area contributed by atoms with Gasteiger partial charge in [0.05, 0.1) is 9.82 Å². The minimum absolute atomic E-state index is 0.00656. The Bertz CT molecular complexity index is 1290. The number of likely N-dealkylation sites (tertiary alicyclic amines) is 1. The van der Waals surface area contributed by atoms with Gasteiger partial charge in [-0.1, -0.05) is 38.5 Å². The molecule has 2 aromatic rings. The quantitative estimate of drug-likeness (QED) is 0.114. The number of thioether (sulfide) groups is 1. The van der Waals surface area contributed by atoms with Gasteiger partial charge in [-0.25, -0.2) is 8.42 Å². The van der Waals surface area contributed by atoms with Crippen molar-refractivity contribution in [2.75, 3.05) is 57.9 Å². The Balaban J connectivity index is 1.43. The first-order chi connectivity index (χ1) is 20.4. The lowest BCUT2D eigenvalue weighted by Gasteiger charge is -2.43. The zero-order chi connectivity index (χ0) is 31.0. The monoisotopic (exact) mass is 631 g/mol. The molecule has 43 heavy (non-hydrogen) atoms.